The van der Waals surface area contributed by atoms with Gasteiger partial charge in [0.1, 0.15) is 6.29 Å². The average molecular weight is 165 g/mol. The van der Waals surface area contributed by atoms with Gasteiger partial charge in [0, 0.05) is 0 Å². The first-order valence-corrected chi connectivity index (χ1v) is 3.32. The van der Waals surface area contributed by atoms with Crippen LogP contribution >= 0.6 is 15.9 Å². The van der Waals surface area contributed by atoms with Crippen molar-refractivity contribution >= 4 is 22.2 Å². The summed E-state index contributed by atoms with van der Waals surface area (Å²) in [4.78, 5) is 9.93. The first-order chi connectivity index (χ1) is 3.31. The van der Waals surface area contributed by atoms with E-state index in [1.165, 1.54) is 0 Å². The molecule has 0 saturated heterocycles. The van der Waals surface area contributed by atoms with Crippen LogP contribution in [-0.4, -0.2) is 11.1 Å². The normalized spacial score (nSPS) is 13.4. The predicted octanol–water partition coefficient (Wildman–Crippen LogP) is 1.75. The van der Waals surface area contributed by atoms with Crippen molar-refractivity contribution in [3.05, 3.63) is 0 Å². The highest BCUT2D eigenvalue weighted by atomic mass is 79.9. The molecule has 1 nitrogen and oxygen atoms in total. The summed E-state index contributed by atoms with van der Waals surface area (Å²) in [6.07, 6.45) is 2.93. The second kappa shape index (κ2) is 4.31. The smallest absolute Gasteiger partial charge is 0.133 e. The zero-order chi connectivity index (χ0) is 5.70. The van der Waals surface area contributed by atoms with E-state index in [1.54, 1.807) is 0 Å². The summed E-state index contributed by atoms with van der Waals surface area (Å²) < 4.78 is 0. The van der Waals surface area contributed by atoms with Crippen LogP contribution in [0.15, 0.2) is 0 Å². The molecule has 0 heterocycles. The SMILES string of the molecule is CCC[C@H](Br)C=O. The zero-order valence-corrected chi connectivity index (χ0v) is 5.94. The Balaban J connectivity index is 2.98. The van der Waals surface area contributed by atoms with Crippen molar-refractivity contribution in [2.75, 3.05) is 0 Å². The minimum atomic E-state index is 0.0810. The number of alkyl halides is 1. The average Bonchev–Trinajstić information content (AvgIpc) is 1.68. The maximum absolute atomic E-state index is 9.85. The maximum Gasteiger partial charge on any atom is 0.133 e. The predicted molar refractivity (Wildman–Crippen MR) is 33.7 cm³/mol. The van der Waals surface area contributed by atoms with E-state index in [4.69, 9.17) is 0 Å². The molecular formula is C5H9BrO. The Morgan fingerprint density at radius 3 is 2.57 bits per heavy atom. The molecule has 0 unspecified atom stereocenters. The highest BCUT2D eigenvalue weighted by Crippen LogP contribution is 2.02. The summed E-state index contributed by atoms with van der Waals surface area (Å²) in [5.74, 6) is 0. The number of rotatable bonds is 3. The van der Waals surface area contributed by atoms with Gasteiger partial charge in [0.2, 0.25) is 0 Å². The molecule has 0 saturated carbocycles. The molecule has 0 aromatic rings. The zero-order valence-electron chi connectivity index (χ0n) is 4.36. The van der Waals surface area contributed by atoms with Gasteiger partial charge in [-0.05, 0) is 6.42 Å². The van der Waals surface area contributed by atoms with E-state index < -0.39 is 0 Å². The molecule has 0 radical (unpaired) electrons. The molecule has 0 N–H and O–H groups in total. The van der Waals surface area contributed by atoms with Crippen LogP contribution < -0.4 is 0 Å². The van der Waals surface area contributed by atoms with E-state index >= 15 is 0 Å². The van der Waals surface area contributed by atoms with Crippen molar-refractivity contribution in [3.8, 4) is 0 Å². The van der Waals surface area contributed by atoms with E-state index in [2.05, 4.69) is 22.9 Å². The van der Waals surface area contributed by atoms with Crippen LogP contribution in [0.4, 0.5) is 0 Å². The Morgan fingerprint density at radius 2 is 2.43 bits per heavy atom. The molecule has 0 bridgehead atoms. The van der Waals surface area contributed by atoms with Gasteiger partial charge >= 0.3 is 0 Å². The molecule has 0 aromatic carbocycles. The summed E-state index contributed by atoms with van der Waals surface area (Å²) in [7, 11) is 0. The summed E-state index contributed by atoms with van der Waals surface area (Å²) >= 11 is 3.17. The molecule has 7 heavy (non-hydrogen) atoms. The Kier molecular flexibility index (Phi) is 4.41. The molecule has 0 rings (SSSR count). The van der Waals surface area contributed by atoms with Gasteiger partial charge in [0.25, 0.3) is 0 Å². The summed E-state index contributed by atoms with van der Waals surface area (Å²) in [5, 5.41) is 0. The summed E-state index contributed by atoms with van der Waals surface area (Å²) in [5.41, 5.74) is 0. The van der Waals surface area contributed by atoms with E-state index in [9.17, 15) is 4.79 Å². The topological polar surface area (TPSA) is 17.1 Å². The lowest BCUT2D eigenvalue weighted by molar-refractivity contribution is -0.107. The lowest BCUT2D eigenvalue weighted by Crippen LogP contribution is -1.95. The van der Waals surface area contributed by atoms with E-state index in [0.717, 1.165) is 19.1 Å². The Bertz CT molecular complexity index is 54.0. The minimum absolute atomic E-state index is 0.0810. The van der Waals surface area contributed by atoms with E-state index in [-0.39, 0.29) is 4.83 Å². The largest absolute Gasteiger partial charge is 0.302 e. The number of aldehydes is 1. The highest BCUT2D eigenvalue weighted by Gasteiger charge is 1.95. The summed E-state index contributed by atoms with van der Waals surface area (Å²) in [6.45, 7) is 2.05. The lowest BCUT2D eigenvalue weighted by Gasteiger charge is -1.92. The highest BCUT2D eigenvalue weighted by molar-refractivity contribution is 9.09. The lowest BCUT2D eigenvalue weighted by atomic mass is 10.3. The third kappa shape index (κ3) is 3.99. The molecule has 1 atom stereocenters. The number of hydrogen-bond donors (Lipinski definition) is 0. The Hall–Kier alpha value is 0.150. The molecule has 0 aliphatic rings. The van der Waals surface area contributed by atoms with Gasteiger partial charge in [-0.1, -0.05) is 29.3 Å². The van der Waals surface area contributed by atoms with Crippen LogP contribution in [0.2, 0.25) is 0 Å². The van der Waals surface area contributed by atoms with Gasteiger partial charge in [-0.3, -0.25) is 0 Å². The van der Waals surface area contributed by atoms with Crippen molar-refractivity contribution in [2.45, 2.75) is 24.6 Å². The third-order valence-corrected chi connectivity index (χ3v) is 1.39. The van der Waals surface area contributed by atoms with Crippen molar-refractivity contribution in [1.82, 2.24) is 0 Å². The van der Waals surface area contributed by atoms with Crippen LogP contribution in [0.25, 0.3) is 0 Å². The van der Waals surface area contributed by atoms with E-state index in [0.29, 0.717) is 0 Å². The van der Waals surface area contributed by atoms with Crippen molar-refractivity contribution in [1.29, 1.82) is 0 Å². The molecule has 0 aliphatic carbocycles. The van der Waals surface area contributed by atoms with Gasteiger partial charge < -0.3 is 4.79 Å². The van der Waals surface area contributed by atoms with Gasteiger partial charge in [-0.15, -0.1) is 0 Å². The molecule has 42 valence electrons. The van der Waals surface area contributed by atoms with Crippen molar-refractivity contribution in [3.63, 3.8) is 0 Å². The fraction of sp³-hybridized carbons (Fsp3) is 0.800. The standard InChI is InChI=1S/C5H9BrO/c1-2-3-5(6)4-7/h4-5H,2-3H2,1H3/t5-/m0/s1. The van der Waals surface area contributed by atoms with E-state index in [1.807, 2.05) is 0 Å². The number of carbonyl (C=O) groups excluding carboxylic acids is 1. The molecule has 0 spiro atoms. The van der Waals surface area contributed by atoms with Crippen LogP contribution in [0, 0.1) is 0 Å². The second-order valence-corrected chi connectivity index (χ2v) is 2.62. The monoisotopic (exact) mass is 164 g/mol. The van der Waals surface area contributed by atoms with Gasteiger partial charge in [0.15, 0.2) is 0 Å². The summed E-state index contributed by atoms with van der Waals surface area (Å²) in [6, 6.07) is 0. The van der Waals surface area contributed by atoms with Gasteiger partial charge in [-0.2, -0.15) is 0 Å². The van der Waals surface area contributed by atoms with Crippen molar-refractivity contribution < 1.29 is 4.79 Å². The number of hydrogen-bond acceptors (Lipinski definition) is 1. The van der Waals surface area contributed by atoms with Crippen LogP contribution in [-0.2, 0) is 4.79 Å². The van der Waals surface area contributed by atoms with Crippen LogP contribution in [0.3, 0.4) is 0 Å². The molecule has 0 amide bonds. The van der Waals surface area contributed by atoms with Gasteiger partial charge in [0.05, 0.1) is 4.83 Å². The molecule has 0 aliphatic heterocycles. The molecule has 0 aromatic heterocycles. The fourth-order valence-electron chi connectivity index (χ4n) is 0.344. The first kappa shape index (κ1) is 7.15. The second-order valence-electron chi connectivity index (χ2n) is 1.44. The minimum Gasteiger partial charge on any atom is -0.302 e. The number of carbonyl (C=O) groups is 1. The third-order valence-electron chi connectivity index (χ3n) is 0.712. The van der Waals surface area contributed by atoms with Crippen LogP contribution in [0.1, 0.15) is 19.8 Å². The Morgan fingerprint density at radius 1 is 1.86 bits per heavy atom. The van der Waals surface area contributed by atoms with Gasteiger partial charge in [-0.25, -0.2) is 0 Å². The quantitative estimate of drug-likeness (QED) is 0.459. The maximum atomic E-state index is 9.85. The first-order valence-electron chi connectivity index (χ1n) is 2.40. The number of halogens is 1. The van der Waals surface area contributed by atoms with Crippen molar-refractivity contribution in [2.24, 2.45) is 0 Å². The Labute approximate surface area is 52.2 Å². The van der Waals surface area contributed by atoms with Crippen LogP contribution in [0.5, 0.6) is 0 Å². The fourth-order valence-corrected chi connectivity index (χ4v) is 0.802. The molecule has 2 heteroatoms. The molecule has 0 fully saturated rings. The molecular weight excluding hydrogens is 156 g/mol.